The van der Waals surface area contributed by atoms with Crippen LogP contribution in [0.4, 0.5) is 0 Å². The predicted molar refractivity (Wildman–Crippen MR) is 79.3 cm³/mol. The van der Waals surface area contributed by atoms with E-state index in [2.05, 4.69) is 12.1 Å². The molecule has 3 N–H and O–H groups in total. The molecule has 0 radical (unpaired) electrons. The molecular formula is C17H21NO. The summed E-state index contributed by atoms with van der Waals surface area (Å²) in [5, 5.41) is 12.2. The van der Waals surface area contributed by atoms with Gasteiger partial charge in [-0.2, -0.15) is 0 Å². The van der Waals surface area contributed by atoms with E-state index in [0.717, 1.165) is 0 Å². The highest BCUT2D eigenvalue weighted by atomic mass is 16.3. The third-order valence-corrected chi connectivity index (χ3v) is 4.37. The first kappa shape index (κ1) is 12.5. The molecule has 0 heterocycles. The van der Waals surface area contributed by atoms with Crippen LogP contribution in [0.5, 0.6) is 5.75 Å². The number of fused-ring (bicyclic) bond motifs is 1. The van der Waals surface area contributed by atoms with Crippen molar-refractivity contribution in [3.63, 3.8) is 0 Å². The molecule has 2 heteroatoms. The molecule has 3 rings (SSSR count). The van der Waals surface area contributed by atoms with Gasteiger partial charge in [-0.1, -0.05) is 37.5 Å². The van der Waals surface area contributed by atoms with Crippen molar-refractivity contribution in [2.24, 2.45) is 5.73 Å². The van der Waals surface area contributed by atoms with Crippen molar-refractivity contribution in [2.75, 3.05) is 0 Å². The summed E-state index contributed by atoms with van der Waals surface area (Å²) < 4.78 is 0. The number of aromatic hydroxyl groups is 1. The fraction of sp³-hybridized carbons (Fsp3) is 0.412. The van der Waals surface area contributed by atoms with Gasteiger partial charge < -0.3 is 10.8 Å². The molecule has 0 bridgehead atoms. The van der Waals surface area contributed by atoms with Gasteiger partial charge in [-0.05, 0) is 52.8 Å². The van der Waals surface area contributed by atoms with Crippen LogP contribution in [0, 0.1) is 0 Å². The second kappa shape index (κ2) is 5.22. The van der Waals surface area contributed by atoms with Crippen molar-refractivity contribution in [1.82, 2.24) is 0 Å². The summed E-state index contributed by atoms with van der Waals surface area (Å²) in [6.07, 6.45) is 6.47. The SMILES string of the molecule is NCc1ccc2ccc(O)cc2c1C1CCCCC1. The predicted octanol–water partition coefficient (Wildman–Crippen LogP) is 4.05. The van der Waals surface area contributed by atoms with Crippen LogP contribution in [0.1, 0.15) is 49.1 Å². The summed E-state index contributed by atoms with van der Waals surface area (Å²) in [4.78, 5) is 0. The monoisotopic (exact) mass is 255 g/mol. The van der Waals surface area contributed by atoms with Gasteiger partial charge in [-0.15, -0.1) is 0 Å². The summed E-state index contributed by atoms with van der Waals surface area (Å²) in [6.45, 7) is 0.581. The van der Waals surface area contributed by atoms with Gasteiger partial charge >= 0.3 is 0 Å². The fourth-order valence-corrected chi connectivity index (χ4v) is 3.43. The Kier molecular flexibility index (Phi) is 3.43. The lowest BCUT2D eigenvalue weighted by molar-refractivity contribution is 0.443. The second-order valence-electron chi connectivity index (χ2n) is 5.58. The smallest absolute Gasteiger partial charge is 0.116 e. The zero-order chi connectivity index (χ0) is 13.2. The van der Waals surface area contributed by atoms with Gasteiger partial charge in [0.2, 0.25) is 0 Å². The Balaban J connectivity index is 2.19. The molecule has 0 aromatic heterocycles. The summed E-state index contributed by atoms with van der Waals surface area (Å²) in [5.41, 5.74) is 8.55. The normalized spacial score (nSPS) is 16.9. The highest BCUT2D eigenvalue weighted by Gasteiger charge is 2.20. The van der Waals surface area contributed by atoms with Crippen molar-refractivity contribution in [2.45, 2.75) is 44.6 Å². The van der Waals surface area contributed by atoms with Crippen molar-refractivity contribution >= 4 is 10.8 Å². The van der Waals surface area contributed by atoms with Gasteiger partial charge in [0.05, 0.1) is 0 Å². The van der Waals surface area contributed by atoms with E-state index in [0.29, 0.717) is 18.2 Å². The molecule has 1 aliphatic rings. The minimum Gasteiger partial charge on any atom is -0.508 e. The lowest BCUT2D eigenvalue weighted by atomic mass is 9.80. The molecule has 1 saturated carbocycles. The molecule has 100 valence electrons. The molecule has 1 aliphatic carbocycles. The van der Waals surface area contributed by atoms with Crippen LogP contribution >= 0.6 is 0 Å². The highest BCUT2D eigenvalue weighted by Crippen LogP contribution is 2.39. The van der Waals surface area contributed by atoms with E-state index in [1.165, 1.54) is 54.0 Å². The number of rotatable bonds is 2. The quantitative estimate of drug-likeness (QED) is 0.850. The topological polar surface area (TPSA) is 46.2 Å². The number of benzene rings is 2. The number of nitrogens with two attached hydrogens (primary N) is 1. The molecule has 19 heavy (non-hydrogen) atoms. The minimum atomic E-state index is 0.346. The fourth-order valence-electron chi connectivity index (χ4n) is 3.43. The Bertz CT molecular complexity index is 585. The Hall–Kier alpha value is -1.54. The van der Waals surface area contributed by atoms with Gasteiger partial charge in [-0.3, -0.25) is 0 Å². The van der Waals surface area contributed by atoms with E-state index in [1.54, 1.807) is 6.07 Å². The van der Waals surface area contributed by atoms with Crippen molar-refractivity contribution in [3.8, 4) is 5.75 Å². The summed E-state index contributed by atoms with van der Waals surface area (Å²) >= 11 is 0. The summed E-state index contributed by atoms with van der Waals surface area (Å²) in [7, 11) is 0. The van der Waals surface area contributed by atoms with E-state index in [1.807, 2.05) is 12.1 Å². The largest absolute Gasteiger partial charge is 0.508 e. The second-order valence-corrected chi connectivity index (χ2v) is 5.58. The first-order valence-corrected chi connectivity index (χ1v) is 7.24. The van der Waals surface area contributed by atoms with Crippen LogP contribution in [-0.2, 0) is 6.54 Å². The maximum atomic E-state index is 9.79. The lowest BCUT2D eigenvalue weighted by Crippen LogP contribution is -2.10. The third-order valence-electron chi connectivity index (χ3n) is 4.37. The Labute approximate surface area is 114 Å². The Morgan fingerprint density at radius 1 is 1.05 bits per heavy atom. The molecule has 0 amide bonds. The molecule has 2 aromatic rings. The number of hydrogen-bond donors (Lipinski definition) is 2. The van der Waals surface area contributed by atoms with Crippen LogP contribution in [0.15, 0.2) is 30.3 Å². The first-order chi connectivity index (χ1) is 9.29. The van der Waals surface area contributed by atoms with E-state index in [9.17, 15) is 5.11 Å². The van der Waals surface area contributed by atoms with Crippen LogP contribution in [0.25, 0.3) is 10.8 Å². The number of phenolic OH excluding ortho intramolecular Hbond substituents is 1. The molecule has 0 spiro atoms. The highest BCUT2D eigenvalue weighted by molar-refractivity contribution is 5.88. The maximum absolute atomic E-state index is 9.79. The summed E-state index contributed by atoms with van der Waals surface area (Å²) in [5.74, 6) is 0.955. The molecule has 0 atom stereocenters. The first-order valence-electron chi connectivity index (χ1n) is 7.24. The van der Waals surface area contributed by atoms with Crippen LogP contribution in [0.3, 0.4) is 0 Å². The van der Waals surface area contributed by atoms with Gasteiger partial charge in [0.1, 0.15) is 5.75 Å². The minimum absolute atomic E-state index is 0.346. The molecule has 1 fully saturated rings. The average Bonchev–Trinajstić information content (AvgIpc) is 2.46. The summed E-state index contributed by atoms with van der Waals surface area (Å²) in [6, 6.07) is 9.93. The van der Waals surface area contributed by atoms with Crippen molar-refractivity contribution < 1.29 is 5.11 Å². The molecule has 0 aliphatic heterocycles. The average molecular weight is 255 g/mol. The van der Waals surface area contributed by atoms with E-state index in [4.69, 9.17) is 5.73 Å². The lowest BCUT2D eigenvalue weighted by Gasteiger charge is -2.25. The van der Waals surface area contributed by atoms with Gasteiger partial charge in [0.15, 0.2) is 0 Å². The van der Waals surface area contributed by atoms with E-state index in [-0.39, 0.29) is 0 Å². The van der Waals surface area contributed by atoms with Gasteiger partial charge in [-0.25, -0.2) is 0 Å². The maximum Gasteiger partial charge on any atom is 0.116 e. The number of phenols is 1. The van der Waals surface area contributed by atoms with Crippen LogP contribution in [-0.4, -0.2) is 5.11 Å². The molecule has 0 saturated heterocycles. The van der Waals surface area contributed by atoms with Crippen LogP contribution in [0.2, 0.25) is 0 Å². The van der Waals surface area contributed by atoms with E-state index >= 15 is 0 Å². The molecule has 0 unspecified atom stereocenters. The molecular weight excluding hydrogens is 234 g/mol. The van der Waals surface area contributed by atoms with Gasteiger partial charge in [0.25, 0.3) is 0 Å². The standard InChI is InChI=1S/C17H21NO/c18-11-14-7-6-12-8-9-15(19)10-16(12)17(14)13-4-2-1-3-5-13/h6-10,13,19H,1-5,11,18H2. The Morgan fingerprint density at radius 3 is 2.53 bits per heavy atom. The van der Waals surface area contributed by atoms with E-state index < -0.39 is 0 Å². The zero-order valence-electron chi connectivity index (χ0n) is 11.2. The van der Waals surface area contributed by atoms with Crippen molar-refractivity contribution in [1.29, 1.82) is 0 Å². The van der Waals surface area contributed by atoms with Crippen LogP contribution < -0.4 is 5.73 Å². The number of hydrogen-bond acceptors (Lipinski definition) is 2. The Morgan fingerprint density at radius 2 is 1.79 bits per heavy atom. The third kappa shape index (κ3) is 2.33. The van der Waals surface area contributed by atoms with Crippen molar-refractivity contribution in [3.05, 3.63) is 41.5 Å². The van der Waals surface area contributed by atoms with Gasteiger partial charge in [0, 0.05) is 6.54 Å². The molecule has 2 nitrogen and oxygen atoms in total. The molecule has 2 aromatic carbocycles. The zero-order valence-corrected chi connectivity index (χ0v) is 11.2.